The Morgan fingerprint density at radius 1 is 0.564 bits per heavy atom. The Bertz CT molecular complexity index is 1090. The van der Waals surface area contributed by atoms with E-state index in [1.54, 1.807) is 0 Å². The van der Waals surface area contributed by atoms with Gasteiger partial charge >= 0.3 is 17.9 Å². The molecule has 0 amide bonds. The second kappa shape index (κ2) is 37.9. The zero-order valence-electron chi connectivity index (χ0n) is 35.9. The van der Waals surface area contributed by atoms with Crippen LogP contribution in [-0.4, -0.2) is 80.6 Å². The number of hydrogen-bond donors (Lipinski definition) is 1. The number of aliphatic carboxylic acids is 1. The number of quaternary nitrogens is 1. The maximum atomic E-state index is 12.7. The Balaban J connectivity index is 4.36. The molecule has 2 unspecified atom stereocenters. The quantitative estimate of drug-likeness (QED) is 0.0289. The minimum absolute atomic E-state index is 0.0510. The average Bonchev–Trinajstić information content (AvgIpc) is 3.14. The Morgan fingerprint density at radius 2 is 1.02 bits per heavy atom. The second-order valence-electron chi connectivity index (χ2n) is 15.6. The van der Waals surface area contributed by atoms with Crippen molar-refractivity contribution in [2.75, 3.05) is 41.0 Å². The number of carbonyl (C=O) groups is 3. The maximum Gasteiger partial charge on any atom is 0.362 e. The van der Waals surface area contributed by atoms with Crippen LogP contribution in [0.1, 0.15) is 168 Å². The number of hydrogen-bond acceptors (Lipinski definition) is 6. The molecule has 2 atom stereocenters. The van der Waals surface area contributed by atoms with E-state index in [9.17, 15) is 19.5 Å². The first-order valence-corrected chi connectivity index (χ1v) is 21.8. The van der Waals surface area contributed by atoms with Gasteiger partial charge in [0, 0.05) is 19.3 Å². The highest BCUT2D eigenvalue weighted by molar-refractivity contribution is 5.72. The van der Waals surface area contributed by atoms with E-state index in [2.05, 4.69) is 74.6 Å². The first-order valence-electron chi connectivity index (χ1n) is 21.8. The van der Waals surface area contributed by atoms with E-state index < -0.39 is 18.1 Å². The third-order valence-electron chi connectivity index (χ3n) is 9.40. The van der Waals surface area contributed by atoms with Crippen molar-refractivity contribution in [3.05, 3.63) is 60.8 Å². The highest BCUT2D eigenvalue weighted by Gasteiger charge is 2.31. The number of ether oxygens (including phenoxy) is 3. The molecule has 0 aromatic carbocycles. The molecule has 0 aromatic heterocycles. The van der Waals surface area contributed by atoms with Crippen LogP contribution >= 0.6 is 0 Å². The van der Waals surface area contributed by atoms with Crippen LogP contribution in [0.5, 0.6) is 0 Å². The van der Waals surface area contributed by atoms with Crippen LogP contribution in [0.4, 0.5) is 0 Å². The molecule has 55 heavy (non-hydrogen) atoms. The van der Waals surface area contributed by atoms with Crippen molar-refractivity contribution in [2.24, 2.45) is 0 Å². The van der Waals surface area contributed by atoms with Gasteiger partial charge in [-0.25, -0.2) is 4.79 Å². The number of esters is 2. The molecule has 316 valence electrons. The Morgan fingerprint density at radius 3 is 1.53 bits per heavy atom. The van der Waals surface area contributed by atoms with Crippen molar-refractivity contribution in [3.63, 3.8) is 0 Å². The van der Waals surface area contributed by atoms with Crippen LogP contribution in [0.25, 0.3) is 0 Å². The van der Waals surface area contributed by atoms with Gasteiger partial charge < -0.3 is 23.8 Å². The molecule has 0 fully saturated rings. The first kappa shape index (κ1) is 52.0. The van der Waals surface area contributed by atoms with E-state index in [4.69, 9.17) is 14.2 Å². The van der Waals surface area contributed by atoms with Gasteiger partial charge in [-0.2, -0.15) is 0 Å². The molecular weight excluding hydrogens is 691 g/mol. The van der Waals surface area contributed by atoms with Crippen LogP contribution < -0.4 is 0 Å². The number of likely N-dealkylation sites (N-methyl/N-ethyl adjacent to an activating group) is 1. The molecular formula is C47H82NO7+. The molecule has 0 aliphatic carbocycles. The summed E-state index contributed by atoms with van der Waals surface area (Å²) in [6.45, 7) is 4.56. The van der Waals surface area contributed by atoms with Gasteiger partial charge in [0.2, 0.25) is 0 Å². The number of unbranched alkanes of at least 4 members (excludes halogenated alkanes) is 14. The summed E-state index contributed by atoms with van der Waals surface area (Å²) in [4.78, 5) is 36.9. The van der Waals surface area contributed by atoms with Gasteiger partial charge in [0.25, 0.3) is 0 Å². The number of carbonyl (C=O) groups excluding carboxylic acids is 2. The number of rotatable bonds is 38. The fraction of sp³-hybridized carbons (Fsp3) is 0.723. The Labute approximate surface area is 337 Å². The summed E-state index contributed by atoms with van der Waals surface area (Å²) in [5.74, 6) is -1.50. The van der Waals surface area contributed by atoms with Crippen LogP contribution in [0.2, 0.25) is 0 Å². The second-order valence-corrected chi connectivity index (χ2v) is 15.6. The number of carboxylic acids is 1. The van der Waals surface area contributed by atoms with Crippen molar-refractivity contribution in [1.82, 2.24) is 0 Å². The highest BCUT2D eigenvalue weighted by Crippen LogP contribution is 2.13. The molecule has 0 aliphatic heterocycles. The molecule has 0 saturated carbocycles. The standard InChI is InChI=1S/C47H81NO7/c1-6-8-10-12-14-16-18-20-21-22-23-24-25-26-28-29-31-33-35-37-45(49)54-42-43(41-53-40-39-44(47(51)52)48(3,4)5)55-46(50)38-36-34-32-30-27-19-17-15-13-11-9-7-2/h8,10,14-17,20-21,23-24,43-44H,6-7,9,11-13,18-19,22,25-42H2,1-5H3/p+1/b10-8+,16-14+,17-15+,21-20+,24-23+. The summed E-state index contributed by atoms with van der Waals surface area (Å²) < 4.78 is 17.2. The summed E-state index contributed by atoms with van der Waals surface area (Å²) in [6.07, 6.45) is 45.4. The van der Waals surface area contributed by atoms with Crippen LogP contribution in [0, 0.1) is 0 Å². The van der Waals surface area contributed by atoms with Gasteiger partial charge in [0.05, 0.1) is 34.4 Å². The molecule has 0 heterocycles. The summed E-state index contributed by atoms with van der Waals surface area (Å²) in [6, 6.07) is -0.619. The maximum absolute atomic E-state index is 12.7. The van der Waals surface area contributed by atoms with Gasteiger partial charge in [-0.3, -0.25) is 9.59 Å². The van der Waals surface area contributed by atoms with Gasteiger partial charge in [0.15, 0.2) is 12.1 Å². The van der Waals surface area contributed by atoms with Crippen molar-refractivity contribution in [2.45, 2.75) is 180 Å². The zero-order chi connectivity index (χ0) is 40.7. The van der Waals surface area contributed by atoms with Crippen molar-refractivity contribution < 1.29 is 38.2 Å². The summed E-state index contributed by atoms with van der Waals surface area (Å²) in [5.41, 5.74) is 0. The molecule has 0 aromatic rings. The highest BCUT2D eigenvalue weighted by atomic mass is 16.6. The third kappa shape index (κ3) is 36.4. The minimum Gasteiger partial charge on any atom is -0.477 e. The van der Waals surface area contributed by atoms with Gasteiger partial charge in [-0.1, -0.05) is 132 Å². The van der Waals surface area contributed by atoms with E-state index in [1.165, 1.54) is 44.9 Å². The molecule has 0 radical (unpaired) electrons. The summed E-state index contributed by atoms with van der Waals surface area (Å²) in [5, 5.41) is 9.61. The SMILES string of the molecule is CC/C=C/C/C=C/C/C=C/C/C=C/CCCCCCCCC(=O)OCC(COCCC(C(=O)O)[N+](C)(C)C)OC(=O)CCCCCCC/C=C/CCCCC. The Kier molecular flexibility index (Phi) is 35.9. The van der Waals surface area contributed by atoms with E-state index in [0.717, 1.165) is 89.9 Å². The lowest BCUT2D eigenvalue weighted by atomic mass is 10.1. The van der Waals surface area contributed by atoms with Gasteiger partial charge in [-0.05, 0) is 77.0 Å². The predicted octanol–water partition coefficient (Wildman–Crippen LogP) is 11.8. The average molecular weight is 773 g/mol. The smallest absolute Gasteiger partial charge is 0.362 e. The van der Waals surface area contributed by atoms with Crippen molar-refractivity contribution >= 4 is 17.9 Å². The Hall–Kier alpha value is -2.97. The van der Waals surface area contributed by atoms with Crippen molar-refractivity contribution in [1.29, 1.82) is 0 Å². The molecule has 0 aliphatic rings. The molecule has 8 nitrogen and oxygen atoms in total. The van der Waals surface area contributed by atoms with Gasteiger partial charge in [-0.15, -0.1) is 0 Å². The first-order chi connectivity index (χ1) is 26.6. The number of allylic oxidation sites excluding steroid dienone is 10. The summed E-state index contributed by atoms with van der Waals surface area (Å²) >= 11 is 0. The van der Waals surface area contributed by atoms with Crippen LogP contribution in [-0.2, 0) is 28.6 Å². The lowest BCUT2D eigenvalue weighted by Gasteiger charge is -2.31. The topological polar surface area (TPSA) is 99.1 Å². The van der Waals surface area contributed by atoms with Crippen LogP contribution in [0.3, 0.4) is 0 Å². The minimum atomic E-state index is -0.881. The fourth-order valence-corrected chi connectivity index (χ4v) is 6.02. The van der Waals surface area contributed by atoms with E-state index >= 15 is 0 Å². The number of nitrogens with zero attached hydrogens (tertiary/aromatic N) is 1. The monoisotopic (exact) mass is 773 g/mol. The fourth-order valence-electron chi connectivity index (χ4n) is 6.02. The third-order valence-corrected chi connectivity index (χ3v) is 9.40. The molecule has 0 rings (SSSR count). The molecule has 0 saturated heterocycles. The molecule has 0 spiro atoms. The summed E-state index contributed by atoms with van der Waals surface area (Å²) in [7, 11) is 5.51. The largest absolute Gasteiger partial charge is 0.477 e. The van der Waals surface area contributed by atoms with Gasteiger partial charge in [0.1, 0.15) is 6.61 Å². The number of carboxylic acid groups (broad SMARTS) is 1. The van der Waals surface area contributed by atoms with E-state index in [-0.39, 0.29) is 36.2 Å². The molecule has 0 bridgehead atoms. The lowest BCUT2D eigenvalue weighted by Crippen LogP contribution is -2.50. The normalized spacial score (nSPS) is 13.5. The predicted molar refractivity (Wildman–Crippen MR) is 229 cm³/mol. The van der Waals surface area contributed by atoms with E-state index in [1.807, 2.05) is 21.1 Å². The molecule has 1 N–H and O–H groups in total. The molecule has 8 heteroatoms. The lowest BCUT2D eigenvalue weighted by molar-refractivity contribution is -0.887. The van der Waals surface area contributed by atoms with E-state index in [0.29, 0.717) is 19.3 Å². The van der Waals surface area contributed by atoms with Crippen molar-refractivity contribution in [3.8, 4) is 0 Å². The van der Waals surface area contributed by atoms with Crippen LogP contribution in [0.15, 0.2) is 60.8 Å². The zero-order valence-corrected chi connectivity index (χ0v) is 35.9.